The van der Waals surface area contributed by atoms with Gasteiger partial charge in [-0.1, -0.05) is 36.8 Å². The number of benzene rings is 1. The van der Waals surface area contributed by atoms with E-state index in [1.807, 2.05) is 21.9 Å². The molecule has 33 heavy (non-hydrogen) atoms. The topological polar surface area (TPSA) is 59.1 Å². The van der Waals surface area contributed by atoms with E-state index < -0.39 is 5.60 Å². The molecule has 1 aromatic rings. The minimum atomic E-state index is -0.857. The predicted octanol–water partition coefficient (Wildman–Crippen LogP) is 5.16. The molecule has 0 saturated carbocycles. The molecule has 1 aromatic carbocycles. The Kier molecular flexibility index (Phi) is 8.37. The summed E-state index contributed by atoms with van der Waals surface area (Å²) >= 11 is 0. The van der Waals surface area contributed by atoms with E-state index in [2.05, 4.69) is 38.2 Å². The summed E-state index contributed by atoms with van der Waals surface area (Å²) in [6.45, 7) is 10.3. The maximum absolute atomic E-state index is 13.0. The summed E-state index contributed by atoms with van der Waals surface area (Å²) < 4.78 is 11.6. The molecule has 2 amide bonds. The number of amides is 2. The average molecular weight is 453 g/mol. The van der Waals surface area contributed by atoms with Gasteiger partial charge in [-0.05, 0) is 63.5 Å². The van der Waals surface area contributed by atoms with E-state index in [-0.39, 0.29) is 12.1 Å². The molecule has 0 spiro atoms. The fraction of sp³-hybridized carbons (Fsp3) is 0.481. The second-order valence-electron chi connectivity index (χ2n) is 9.30. The van der Waals surface area contributed by atoms with Crippen LogP contribution in [0.3, 0.4) is 0 Å². The summed E-state index contributed by atoms with van der Waals surface area (Å²) in [6.07, 6.45) is 12.0. The van der Waals surface area contributed by atoms with Gasteiger partial charge in [-0.2, -0.15) is 0 Å². The fourth-order valence-corrected chi connectivity index (χ4v) is 4.01. The predicted molar refractivity (Wildman–Crippen MR) is 131 cm³/mol. The maximum atomic E-state index is 13.0. The number of carbonyl (C=O) groups excluding carboxylic acids is 2. The smallest absolute Gasteiger partial charge is 0.320 e. The molecular formula is C27H36N2O4. The number of carbonyl (C=O) groups is 2. The van der Waals surface area contributed by atoms with Gasteiger partial charge in [-0.3, -0.25) is 4.79 Å². The van der Waals surface area contributed by atoms with Crippen molar-refractivity contribution in [1.82, 2.24) is 9.80 Å². The molecule has 0 aromatic heterocycles. The van der Waals surface area contributed by atoms with Crippen LogP contribution in [0, 0.1) is 0 Å². The minimum Gasteiger partial charge on any atom is -0.494 e. The molecule has 178 valence electrons. The minimum absolute atomic E-state index is 0.111. The third kappa shape index (κ3) is 6.98. The number of urea groups is 1. The first-order chi connectivity index (χ1) is 15.8. The Morgan fingerprint density at radius 3 is 2.58 bits per heavy atom. The number of hydrogen-bond donors (Lipinski definition) is 0. The summed E-state index contributed by atoms with van der Waals surface area (Å²) in [7, 11) is 0. The van der Waals surface area contributed by atoms with Crippen LogP contribution in [0.5, 0.6) is 11.5 Å². The Bertz CT molecular complexity index is 915. The molecular weight excluding hydrogens is 416 g/mol. The fourth-order valence-electron chi connectivity index (χ4n) is 4.01. The molecule has 0 radical (unpaired) electrons. The lowest BCUT2D eigenvalue weighted by atomic mass is 10.2. The first-order valence-corrected chi connectivity index (χ1v) is 11.8. The van der Waals surface area contributed by atoms with E-state index in [1.54, 1.807) is 26.0 Å². The molecule has 6 heteroatoms. The second kappa shape index (κ2) is 11.2. The van der Waals surface area contributed by atoms with Crippen molar-refractivity contribution in [3.63, 3.8) is 0 Å². The largest absolute Gasteiger partial charge is 0.494 e. The molecule has 1 fully saturated rings. The highest BCUT2D eigenvalue weighted by Gasteiger charge is 2.36. The monoisotopic (exact) mass is 452 g/mol. The summed E-state index contributed by atoms with van der Waals surface area (Å²) in [4.78, 5) is 28.0. The summed E-state index contributed by atoms with van der Waals surface area (Å²) in [5, 5.41) is 0. The Hall–Kier alpha value is -3.02. The molecule has 1 heterocycles. The van der Waals surface area contributed by atoms with Crippen LogP contribution in [0.15, 0.2) is 59.7 Å². The van der Waals surface area contributed by atoms with Crippen molar-refractivity contribution < 1.29 is 19.1 Å². The number of nitrogens with zero attached hydrogens (tertiary/aromatic N) is 2. The van der Waals surface area contributed by atoms with E-state index in [0.29, 0.717) is 25.4 Å². The normalized spacial score (nSPS) is 18.7. The van der Waals surface area contributed by atoms with Gasteiger partial charge in [0.05, 0.1) is 12.6 Å². The molecule has 3 rings (SSSR count). The lowest BCUT2D eigenvalue weighted by molar-refractivity contribution is -0.118. The van der Waals surface area contributed by atoms with E-state index in [4.69, 9.17) is 9.47 Å². The van der Waals surface area contributed by atoms with Crippen LogP contribution in [-0.4, -0.2) is 60.0 Å². The van der Waals surface area contributed by atoms with Crippen LogP contribution < -0.4 is 9.47 Å². The SMILES string of the molecule is CCCN1C(=O)N(CC2=CC=C(C)CC=C2)CC1CCOc1ccc(OC(C)(C)C=O)cc1. The first kappa shape index (κ1) is 24.6. The number of allylic oxidation sites excluding steroid dienone is 4. The Labute approximate surface area is 197 Å². The van der Waals surface area contributed by atoms with Crippen LogP contribution in [0.1, 0.15) is 47.0 Å². The lowest BCUT2D eigenvalue weighted by Crippen LogP contribution is -2.36. The summed E-state index contributed by atoms with van der Waals surface area (Å²) in [5.41, 5.74) is 1.63. The van der Waals surface area contributed by atoms with Crippen molar-refractivity contribution in [2.45, 2.75) is 58.6 Å². The van der Waals surface area contributed by atoms with Crippen LogP contribution in [0.2, 0.25) is 0 Å². The molecule has 1 aliphatic carbocycles. The zero-order valence-electron chi connectivity index (χ0n) is 20.3. The molecule has 1 saturated heterocycles. The van der Waals surface area contributed by atoms with Crippen molar-refractivity contribution in [3.8, 4) is 11.5 Å². The standard InChI is InChI=1S/C27H36N2O4/c1-5-16-29-23(19-28(26(29)31)18-22-8-6-7-21(2)9-10-22)15-17-32-24-11-13-25(14-12-24)33-27(3,4)20-30/h6,8-14,20,23H,5,7,15-19H2,1-4H3. The highest BCUT2D eigenvalue weighted by atomic mass is 16.5. The molecule has 1 atom stereocenters. The van der Waals surface area contributed by atoms with Gasteiger partial charge in [0.25, 0.3) is 0 Å². The van der Waals surface area contributed by atoms with Crippen molar-refractivity contribution in [1.29, 1.82) is 0 Å². The van der Waals surface area contributed by atoms with Crippen LogP contribution in [-0.2, 0) is 4.79 Å². The van der Waals surface area contributed by atoms with Crippen molar-refractivity contribution in [2.75, 3.05) is 26.2 Å². The van der Waals surface area contributed by atoms with Gasteiger partial charge in [-0.25, -0.2) is 4.79 Å². The Morgan fingerprint density at radius 1 is 1.15 bits per heavy atom. The molecule has 2 aliphatic rings. The van der Waals surface area contributed by atoms with Gasteiger partial charge in [0.15, 0.2) is 11.9 Å². The van der Waals surface area contributed by atoms with E-state index in [1.165, 1.54) is 5.57 Å². The number of ether oxygens (including phenoxy) is 2. The van der Waals surface area contributed by atoms with Gasteiger partial charge >= 0.3 is 6.03 Å². The highest BCUT2D eigenvalue weighted by Crippen LogP contribution is 2.24. The molecule has 6 nitrogen and oxygen atoms in total. The van der Waals surface area contributed by atoms with Gasteiger partial charge in [0.1, 0.15) is 11.5 Å². The molecule has 0 bridgehead atoms. The molecule has 1 unspecified atom stereocenters. The Balaban J connectivity index is 1.55. The van der Waals surface area contributed by atoms with E-state index >= 15 is 0 Å². The zero-order chi connectivity index (χ0) is 23.8. The highest BCUT2D eigenvalue weighted by molar-refractivity contribution is 5.77. The average Bonchev–Trinajstić information content (AvgIpc) is 2.93. The number of aldehydes is 1. The quantitative estimate of drug-likeness (QED) is 0.435. The zero-order valence-corrected chi connectivity index (χ0v) is 20.3. The van der Waals surface area contributed by atoms with Crippen LogP contribution in [0.4, 0.5) is 4.79 Å². The lowest BCUT2D eigenvalue weighted by Gasteiger charge is -2.23. The number of hydrogen-bond acceptors (Lipinski definition) is 4. The first-order valence-electron chi connectivity index (χ1n) is 11.8. The third-order valence-electron chi connectivity index (χ3n) is 5.79. The molecule has 0 N–H and O–H groups in total. The van der Waals surface area contributed by atoms with Crippen LogP contribution in [0.25, 0.3) is 0 Å². The van der Waals surface area contributed by atoms with Gasteiger partial charge in [0.2, 0.25) is 0 Å². The third-order valence-corrected chi connectivity index (χ3v) is 5.79. The Morgan fingerprint density at radius 2 is 1.88 bits per heavy atom. The molecule has 1 aliphatic heterocycles. The number of rotatable bonds is 11. The maximum Gasteiger partial charge on any atom is 0.320 e. The van der Waals surface area contributed by atoms with Crippen molar-refractivity contribution in [3.05, 3.63) is 59.7 Å². The van der Waals surface area contributed by atoms with E-state index in [0.717, 1.165) is 43.4 Å². The summed E-state index contributed by atoms with van der Waals surface area (Å²) in [5.74, 6) is 1.36. The summed E-state index contributed by atoms with van der Waals surface area (Å²) in [6, 6.07) is 7.53. The van der Waals surface area contributed by atoms with Crippen molar-refractivity contribution >= 4 is 12.3 Å². The van der Waals surface area contributed by atoms with Gasteiger partial charge in [0, 0.05) is 26.1 Å². The van der Waals surface area contributed by atoms with E-state index in [9.17, 15) is 9.59 Å². The van der Waals surface area contributed by atoms with Crippen molar-refractivity contribution in [2.24, 2.45) is 0 Å². The van der Waals surface area contributed by atoms with Gasteiger partial charge < -0.3 is 19.3 Å². The van der Waals surface area contributed by atoms with Crippen LogP contribution >= 0.6 is 0 Å². The van der Waals surface area contributed by atoms with Gasteiger partial charge in [-0.15, -0.1) is 0 Å². The second-order valence-corrected chi connectivity index (χ2v) is 9.30.